The quantitative estimate of drug-likeness (QED) is 0.829. The van der Waals surface area contributed by atoms with Crippen molar-refractivity contribution < 1.29 is 9.53 Å². The summed E-state index contributed by atoms with van der Waals surface area (Å²) in [5.74, 6) is 0.576. The van der Waals surface area contributed by atoms with Crippen LogP contribution in [0.5, 0.6) is 0 Å². The molecule has 1 aromatic rings. The van der Waals surface area contributed by atoms with Crippen molar-refractivity contribution in [1.82, 2.24) is 0 Å². The van der Waals surface area contributed by atoms with Crippen LogP contribution in [0.25, 0.3) is 0 Å². The first kappa shape index (κ1) is 15.8. The number of carbonyl (C=O) groups is 1. The van der Waals surface area contributed by atoms with E-state index < -0.39 is 6.09 Å². The van der Waals surface area contributed by atoms with Crippen molar-refractivity contribution >= 4 is 23.4 Å². The Kier molecular flexibility index (Phi) is 5.67. The number of benzene rings is 1. The molecular formula is C15H22ClNO2. The van der Waals surface area contributed by atoms with E-state index in [9.17, 15) is 4.79 Å². The number of hydrogen-bond acceptors (Lipinski definition) is 2. The minimum atomic E-state index is -0.429. The third kappa shape index (κ3) is 4.13. The smallest absolute Gasteiger partial charge is 0.411 e. The first-order chi connectivity index (χ1) is 8.86. The van der Waals surface area contributed by atoms with Gasteiger partial charge in [-0.15, -0.1) is 0 Å². The summed E-state index contributed by atoms with van der Waals surface area (Å²) in [5.41, 5.74) is 2.82. The molecule has 0 radical (unpaired) electrons. The number of carbonyl (C=O) groups excluding carboxylic acids is 1. The lowest BCUT2D eigenvalue weighted by Crippen LogP contribution is -2.15. The Morgan fingerprint density at radius 2 is 1.79 bits per heavy atom. The van der Waals surface area contributed by atoms with Gasteiger partial charge in [0.2, 0.25) is 0 Å². The van der Waals surface area contributed by atoms with Gasteiger partial charge in [-0.05, 0) is 42.0 Å². The van der Waals surface area contributed by atoms with Gasteiger partial charge in [0.1, 0.15) is 0 Å². The molecule has 1 rings (SSSR count). The SMILES string of the molecule is CCOC(=O)Nc1cc(C(C)C)c(Cl)cc1C(C)C. The van der Waals surface area contributed by atoms with Crippen molar-refractivity contribution in [3.8, 4) is 0 Å². The zero-order valence-electron chi connectivity index (χ0n) is 12.2. The Hall–Kier alpha value is -1.22. The maximum Gasteiger partial charge on any atom is 0.411 e. The van der Waals surface area contributed by atoms with Gasteiger partial charge in [-0.3, -0.25) is 5.32 Å². The minimum absolute atomic E-state index is 0.274. The van der Waals surface area contributed by atoms with Gasteiger partial charge in [0, 0.05) is 10.7 Å². The van der Waals surface area contributed by atoms with Crippen molar-refractivity contribution in [2.24, 2.45) is 0 Å². The van der Waals surface area contributed by atoms with E-state index >= 15 is 0 Å². The highest BCUT2D eigenvalue weighted by Gasteiger charge is 2.15. The van der Waals surface area contributed by atoms with E-state index in [-0.39, 0.29) is 5.92 Å². The van der Waals surface area contributed by atoms with Crippen LogP contribution < -0.4 is 5.32 Å². The van der Waals surface area contributed by atoms with Crippen molar-refractivity contribution in [1.29, 1.82) is 0 Å². The average Bonchev–Trinajstić information content (AvgIpc) is 2.30. The molecule has 106 valence electrons. The first-order valence-corrected chi connectivity index (χ1v) is 7.01. The van der Waals surface area contributed by atoms with Crippen LogP contribution in [0.3, 0.4) is 0 Å². The molecule has 0 aromatic heterocycles. The highest BCUT2D eigenvalue weighted by Crippen LogP contribution is 2.34. The van der Waals surface area contributed by atoms with Crippen LogP contribution >= 0.6 is 11.6 Å². The number of hydrogen-bond donors (Lipinski definition) is 1. The van der Waals surface area contributed by atoms with Gasteiger partial charge in [-0.2, -0.15) is 0 Å². The maximum absolute atomic E-state index is 11.6. The van der Waals surface area contributed by atoms with E-state index in [2.05, 4.69) is 33.0 Å². The van der Waals surface area contributed by atoms with Crippen LogP contribution in [-0.2, 0) is 4.74 Å². The molecular weight excluding hydrogens is 262 g/mol. The summed E-state index contributed by atoms with van der Waals surface area (Å²) >= 11 is 6.29. The standard InChI is InChI=1S/C15H22ClNO2/c1-6-19-15(18)17-14-8-11(9(2)3)13(16)7-12(14)10(4)5/h7-10H,6H2,1-5H3,(H,17,18). The summed E-state index contributed by atoms with van der Waals surface area (Å²) in [6, 6.07) is 3.88. The topological polar surface area (TPSA) is 38.3 Å². The normalized spacial score (nSPS) is 10.9. The Morgan fingerprint density at radius 1 is 1.21 bits per heavy atom. The third-order valence-corrected chi connectivity index (χ3v) is 3.25. The molecule has 19 heavy (non-hydrogen) atoms. The van der Waals surface area contributed by atoms with Crippen LogP contribution in [0.15, 0.2) is 12.1 Å². The highest BCUT2D eigenvalue weighted by molar-refractivity contribution is 6.31. The number of amides is 1. The lowest BCUT2D eigenvalue weighted by molar-refractivity contribution is 0.168. The highest BCUT2D eigenvalue weighted by atomic mass is 35.5. The van der Waals surface area contributed by atoms with E-state index in [1.54, 1.807) is 6.92 Å². The molecule has 3 nitrogen and oxygen atoms in total. The fraction of sp³-hybridized carbons (Fsp3) is 0.533. The monoisotopic (exact) mass is 283 g/mol. The summed E-state index contributed by atoms with van der Waals surface area (Å²) in [5, 5.41) is 3.54. The summed E-state index contributed by atoms with van der Waals surface area (Å²) in [6.07, 6.45) is -0.429. The first-order valence-electron chi connectivity index (χ1n) is 6.63. The second-order valence-corrected chi connectivity index (χ2v) is 5.52. The van der Waals surface area contributed by atoms with E-state index in [1.807, 2.05) is 12.1 Å². The van der Waals surface area contributed by atoms with Gasteiger partial charge in [0.15, 0.2) is 0 Å². The molecule has 0 saturated heterocycles. The number of anilines is 1. The van der Waals surface area contributed by atoms with Crippen molar-refractivity contribution in [2.75, 3.05) is 11.9 Å². The van der Waals surface area contributed by atoms with Gasteiger partial charge >= 0.3 is 6.09 Å². The number of halogens is 1. The lowest BCUT2D eigenvalue weighted by Gasteiger charge is -2.18. The Labute approximate surface area is 120 Å². The zero-order valence-corrected chi connectivity index (χ0v) is 13.0. The van der Waals surface area contributed by atoms with Crippen LogP contribution in [-0.4, -0.2) is 12.7 Å². The molecule has 0 bridgehead atoms. The van der Waals surface area contributed by atoms with Gasteiger partial charge in [0.25, 0.3) is 0 Å². The summed E-state index contributed by atoms with van der Waals surface area (Å²) in [7, 11) is 0. The van der Waals surface area contributed by atoms with Crippen molar-refractivity contribution in [3.05, 3.63) is 28.3 Å². The van der Waals surface area contributed by atoms with Gasteiger partial charge in [-0.1, -0.05) is 39.3 Å². The molecule has 0 saturated carbocycles. The van der Waals surface area contributed by atoms with Crippen LogP contribution in [0.2, 0.25) is 5.02 Å². The third-order valence-electron chi connectivity index (χ3n) is 2.93. The van der Waals surface area contributed by atoms with E-state index in [0.29, 0.717) is 12.5 Å². The molecule has 0 fully saturated rings. The molecule has 4 heteroatoms. The number of ether oxygens (including phenoxy) is 1. The largest absolute Gasteiger partial charge is 0.450 e. The lowest BCUT2D eigenvalue weighted by atomic mass is 9.95. The molecule has 0 aliphatic heterocycles. The maximum atomic E-state index is 11.6. The fourth-order valence-electron chi connectivity index (χ4n) is 1.91. The predicted molar refractivity (Wildman–Crippen MR) is 80.3 cm³/mol. The summed E-state index contributed by atoms with van der Waals surface area (Å²) in [4.78, 5) is 11.6. The Morgan fingerprint density at radius 3 is 2.26 bits per heavy atom. The second-order valence-electron chi connectivity index (χ2n) is 5.12. The number of rotatable bonds is 4. The Balaban J connectivity index is 3.18. The average molecular weight is 284 g/mol. The van der Waals surface area contributed by atoms with Crippen LogP contribution in [0.1, 0.15) is 57.6 Å². The number of nitrogens with one attached hydrogen (secondary N) is 1. The zero-order chi connectivity index (χ0) is 14.6. The molecule has 1 amide bonds. The summed E-state index contributed by atoms with van der Waals surface area (Å²) < 4.78 is 4.93. The second kappa shape index (κ2) is 6.80. The molecule has 0 aliphatic rings. The van der Waals surface area contributed by atoms with E-state index in [0.717, 1.165) is 21.8 Å². The van der Waals surface area contributed by atoms with Crippen molar-refractivity contribution in [3.63, 3.8) is 0 Å². The molecule has 1 N–H and O–H groups in total. The van der Waals surface area contributed by atoms with E-state index in [4.69, 9.17) is 16.3 Å². The summed E-state index contributed by atoms with van der Waals surface area (Å²) in [6.45, 7) is 10.4. The molecule has 1 aromatic carbocycles. The predicted octanol–water partition coefficient (Wildman–Crippen LogP) is 5.16. The molecule has 0 unspecified atom stereocenters. The fourth-order valence-corrected chi connectivity index (χ4v) is 2.30. The molecule has 0 aliphatic carbocycles. The molecule has 0 spiro atoms. The molecule has 0 atom stereocenters. The Bertz CT molecular complexity index is 456. The van der Waals surface area contributed by atoms with Crippen LogP contribution in [0.4, 0.5) is 10.5 Å². The van der Waals surface area contributed by atoms with Crippen LogP contribution in [0, 0.1) is 0 Å². The minimum Gasteiger partial charge on any atom is -0.450 e. The molecule has 0 heterocycles. The van der Waals surface area contributed by atoms with Gasteiger partial charge in [-0.25, -0.2) is 4.79 Å². The van der Waals surface area contributed by atoms with Gasteiger partial charge in [0.05, 0.1) is 6.61 Å². The van der Waals surface area contributed by atoms with Crippen molar-refractivity contribution in [2.45, 2.75) is 46.5 Å². The van der Waals surface area contributed by atoms with Gasteiger partial charge < -0.3 is 4.74 Å². The van der Waals surface area contributed by atoms with E-state index in [1.165, 1.54) is 0 Å².